The van der Waals surface area contributed by atoms with Crippen molar-refractivity contribution in [2.45, 2.75) is 19.8 Å². The van der Waals surface area contributed by atoms with Gasteiger partial charge in [-0.25, -0.2) is 0 Å². The molecule has 0 amide bonds. The fourth-order valence-corrected chi connectivity index (χ4v) is 1.97. The molecule has 11 heteroatoms. The second-order valence-corrected chi connectivity index (χ2v) is 4.91. The fraction of sp³-hybridized carbons (Fsp3) is 0.333. The van der Waals surface area contributed by atoms with Gasteiger partial charge in [-0.1, -0.05) is 15.8 Å². The summed E-state index contributed by atoms with van der Waals surface area (Å²) in [5, 5.41) is 0. The Balaban J connectivity index is 0.00000361. The van der Waals surface area contributed by atoms with Gasteiger partial charge in [0.15, 0.2) is 0 Å². The Bertz CT molecular complexity index is 579. The van der Waals surface area contributed by atoms with Crippen molar-refractivity contribution in [3.05, 3.63) is 28.8 Å². The summed E-state index contributed by atoms with van der Waals surface area (Å²) >= 11 is 0. The molecule has 0 heterocycles. The van der Waals surface area contributed by atoms with E-state index in [0.29, 0.717) is 0 Å². The van der Waals surface area contributed by atoms with Crippen LogP contribution < -0.4 is 61.3 Å². The first-order valence-electron chi connectivity index (χ1n) is 5.19. The van der Waals surface area contributed by atoms with E-state index in [2.05, 4.69) is 4.18 Å². The minimum absolute atomic E-state index is 0. The molecule has 0 saturated carbocycles. The van der Waals surface area contributed by atoms with Crippen molar-refractivity contribution in [1.29, 1.82) is 0 Å². The Morgan fingerprint density at radius 1 is 1.25 bits per heavy atom. The second kappa shape index (κ2) is 7.56. The first-order chi connectivity index (χ1) is 8.52. The van der Waals surface area contributed by atoms with Crippen LogP contribution in [-0.2, 0) is 23.4 Å². The first-order valence-corrected chi connectivity index (χ1v) is 6.50. The fourth-order valence-electron chi connectivity index (χ4n) is 1.64. The predicted molar refractivity (Wildman–Crippen MR) is 62.5 cm³/mol. The molecule has 0 saturated heterocycles. The maximum atomic E-state index is 12.4. The van der Waals surface area contributed by atoms with Gasteiger partial charge in [0, 0.05) is 6.54 Å². The van der Waals surface area contributed by atoms with Gasteiger partial charge in [-0.05, 0) is 30.2 Å². The topological polar surface area (TPSA) is 69.4 Å². The molecule has 0 atom stereocenters. The molecule has 4 nitrogen and oxygen atoms in total. The standard InChI is InChI=1S/C9H11BF4NO3S.K/c1-6-7(4-10(11,12)13)2-9(3-8(6)5-15)18-19(14,16)17;/h2-3H,4-5,15H2,1H3;/q-1;+1. The van der Waals surface area contributed by atoms with Crippen molar-refractivity contribution in [2.75, 3.05) is 0 Å². The maximum Gasteiger partial charge on any atom is 1.00 e. The van der Waals surface area contributed by atoms with E-state index in [1.165, 1.54) is 6.92 Å². The van der Waals surface area contributed by atoms with Crippen molar-refractivity contribution in [1.82, 2.24) is 0 Å². The van der Waals surface area contributed by atoms with Crippen LogP contribution in [0.3, 0.4) is 0 Å². The summed E-state index contributed by atoms with van der Waals surface area (Å²) in [6.07, 6.45) is -1.22. The molecular formula is C9H11BF4KNO3S. The Morgan fingerprint density at radius 2 is 1.75 bits per heavy atom. The van der Waals surface area contributed by atoms with Crippen LogP contribution in [0.4, 0.5) is 16.8 Å². The average Bonchev–Trinajstić information content (AvgIpc) is 2.18. The molecule has 20 heavy (non-hydrogen) atoms. The van der Waals surface area contributed by atoms with Crippen molar-refractivity contribution >= 4 is 17.5 Å². The predicted octanol–water partition coefficient (Wildman–Crippen LogP) is -1.02. The molecule has 2 N–H and O–H groups in total. The van der Waals surface area contributed by atoms with Gasteiger partial charge in [-0.3, -0.25) is 0 Å². The van der Waals surface area contributed by atoms with E-state index >= 15 is 0 Å². The van der Waals surface area contributed by atoms with E-state index < -0.39 is 29.6 Å². The van der Waals surface area contributed by atoms with Gasteiger partial charge in [0.2, 0.25) is 0 Å². The zero-order valence-electron chi connectivity index (χ0n) is 10.9. The van der Waals surface area contributed by atoms with Gasteiger partial charge in [-0.15, -0.1) is 0 Å². The van der Waals surface area contributed by atoms with Crippen LogP contribution in [0.5, 0.6) is 5.75 Å². The summed E-state index contributed by atoms with van der Waals surface area (Å²) in [5.41, 5.74) is 5.70. The zero-order chi connectivity index (χ0) is 14.8. The van der Waals surface area contributed by atoms with Crippen LogP contribution in [0.1, 0.15) is 16.7 Å². The molecule has 0 aliphatic heterocycles. The number of nitrogens with two attached hydrogens (primary N) is 1. The van der Waals surface area contributed by atoms with E-state index in [4.69, 9.17) is 5.73 Å². The molecule has 108 valence electrons. The molecule has 0 aliphatic rings. The van der Waals surface area contributed by atoms with Gasteiger partial charge in [-0.2, -0.15) is 8.42 Å². The third kappa shape index (κ3) is 6.87. The van der Waals surface area contributed by atoms with E-state index in [0.717, 1.165) is 12.1 Å². The minimum Gasteiger partial charge on any atom is -0.449 e. The van der Waals surface area contributed by atoms with Gasteiger partial charge in [0.05, 0.1) is 0 Å². The summed E-state index contributed by atoms with van der Waals surface area (Å²) < 4.78 is 74.3. The Hall–Kier alpha value is 0.351. The molecule has 1 rings (SSSR count). The summed E-state index contributed by atoms with van der Waals surface area (Å²) in [6, 6.07) is 1.94. The zero-order valence-corrected chi connectivity index (χ0v) is 14.8. The maximum absolute atomic E-state index is 12.4. The third-order valence-corrected chi connectivity index (χ3v) is 2.85. The summed E-state index contributed by atoms with van der Waals surface area (Å²) in [5.74, 6) is -0.524. The largest absolute Gasteiger partial charge is 1.00 e. The summed E-state index contributed by atoms with van der Waals surface area (Å²) in [6.45, 7) is -3.81. The normalized spacial score (nSPS) is 11.9. The van der Waals surface area contributed by atoms with Gasteiger partial charge >= 0.3 is 68.9 Å². The Labute approximate surface area is 157 Å². The number of hydrogen-bond donors (Lipinski definition) is 1. The molecule has 0 aliphatic carbocycles. The van der Waals surface area contributed by atoms with Crippen LogP contribution in [0.25, 0.3) is 0 Å². The van der Waals surface area contributed by atoms with Crippen molar-refractivity contribution in [2.24, 2.45) is 5.73 Å². The van der Waals surface area contributed by atoms with E-state index in [1.807, 2.05) is 0 Å². The van der Waals surface area contributed by atoms with Crippen molar-refractivity contribution in [3.63, 3.8) is 0 Å². The number of halogens is 4. The molecule has 1 aromatic carbocycles. The minimum atomic E-state index is -5.29. The van der Waals surface area contributed by atoms with Crippen LogP contribution >= 0.6 is 0 Å². The smallest absolute Gasteiger partial charge is 0.449 e. The molecule has 1 aromatic rings. The quantitative estimate of drug-likeness (QED) is 0.424. The Kier molecular flexibility index (Phi) is 7.70. The van der Waals surface area contributed by atoms with Gasteiger partial charge in [0.1, 0.15) is 5.75 Å². The molecule has 0 bridgehead atoms. The van der Waals surface area contributed by atoms with Gasteiger partial charge < -0.3 is 22.9 Å². The van der Waals surface area contributed by atoms with Crippen LogP contribution in [0.15, 0.2) is 12.1 Å². The number of rotatable bonds is 5. The second-order valence-electron chi connectivity index (χ2n) is 3.96. The molecular weight excluding hydrogens is 328 g/mol. The van der Waals surface area contributed by atoms with Gasteiger partial charge in [0.25, 0.3) is 0 Å². The average molecular weight is 339 g/mol. The van der Waals surface area contributed by atoms with E-state index in [-0.39, 0.29) is 74.6 Å². The summed E-state index contributed by atoms with van der Waals surface area (Å²) in [4.78, 5) is 0. The number of hydrogen-bond acceptors (Lipinski definition) is 4. The molecule has 0 unspecified atom stereocenters. The Morgan fingerprint density at radius 3 is 2.15 bits per heavy atom. The number of benzene rings is 1. The molecule has 0 radical (unpaired) electrons. The van der Waals surface area contributed by atoms with E-state index in [1.54, 1.807) is 0 Å². The SMILES string of the molecule is Cc1c(CN)cc(OS(=O)(=O)F)cc1C[B-](F)(F)F.[K+]. The molecule has 0 spiro atoms. The van der Waals surface area contributed by atoms with Crippen molar-refractivity contribution < 1.29 is 80.8 Å². The molecule has 0 aromatic heterocycles. The van der Waals surface area contributed by atoms with Crippen LogP contribution in [0.2, 0.25) is 0 Å². The first kappa shape index (κ1) is 20.4. The van der Waals surface area contributed by atoms with E-state index in [9.17, 15) is 25.3 Å². The molecule has 0 fully saturated rings. The third-order valence-electron chi connectivity index (χ3n) is 2.46. The monoisotopic (exact) mass is 339 g/mol. The summed E-state index contributed by atoms with van der Waals surface area (Å²) in [7, 11) is -5.29. The van der Waals surface area contributed by atoms with Crippen molar-refractivity contribution in [3.8, 4) is 5.75 Å². The van der Waals surface area contributed by atoms with Crippen LogP contribution in [0, 0.1) is 6.92 Å². The van der Waals surface area contributed by atoms with Crippen LogP contribution in [-0.4, -0.2) is 15.4 Å².